The molecule has 0 aliphatic carbocycles. The van der Waals surface area contributed by atoms with Crippen LogP contribution in [0.3, 0.4) is 0 Å². The van der Waals surface area contributed by atoms with Gasteiger partial charge < -0.3 is 20.3 Å². The van der Waals surface area contributed by atoms with Crippen LogP contribution in [-0.2, 0) is 6.42 Å². The molecule has 1 aromatic carbocycles. The molecule has 0 saturated carbocycles. The number of aryl methyl sites for hydroxylation is 1. The Kier molecular flexibility index (Phi) is 6.03. The summed E-state index contributed by atoms with van der Waals surface area (Å²) in [6.07, 6.45) is 3.16. The van der Waals surface area contributed by atoms with Crippen LogP contribution in [-0.4, -0.2) is 62.7 Å². The van der Waals surface area contributed by atoms with Crippen molar-refractivity contribution in [3.05, 3.63) is 29.8 Å². The zero-order valence-corrected chi connectivity index (χ0v) is 13.6. The maximum absolute atomic E-state index is 6.35. The molecule has 0 radical (unpaired) electrons. The van der Waals surface area contributed by atoms with Crippen molar-refractivity contribution in [2.45, 2.75) is 31.3 Å². The second kappa shape index (κ2) is 7.78. The SMILES string of the molecule is COc1ccc(CCC(N)CC2CN(C)CCN2C)cc1. The first-order valence-corrected chi connectivity index (χ1v) is 7.85. The molecule has 21 heavy (non-hydrogen) atoms. The van der Waals surface area contributed by atoms with E-state index in [1.54, 1.807) is 7.11 Å². The molecule has 1 aliphatic heterocycles. The molecule has 1 aliphatic rings. The quantitative estimate of drug-likeness (QED) is 0.864. The van der Waals surface area contributed by atoms with Crippen LogP contribution in [0.1, 0.15) is 18.4 Å². The van der Waals surface area contributed by atoms with Crippen molar-refractivity contribution in [1.82, 2.24) is 9.80 Å². The molecular formula is C17H29N3O. The van der Waals surface area contributed by atoms with Crippen molar-refractivity contribution in [1.29, 1.82) is 0 Å². The lowest BCUT2D eigenvalue weighted by Gasteiger charge is -2.38. The van der Waals surface area contributed by atoms with Crippen molar-refractivity contribution in [3.63, 3.8) is 0 Å². The van der Waals surface area contributed by atoms with Gasteiger partial charge in [-0.05, 0) is 51.1 Å². The Morgan fingerprint density at radius 1 is 1.24 bits per heavy atom. The lowest BCUT2D eigenvalue weighted by atomic mass is 9.98. The van der Waals surface area contributed by atoms with Crippen LogP contribution < -0.4 is 10.5 Å². The first-order chi connectivity index (χ1) is 10.1. The number of ether oxygens (including phenoxy) is 1. The highest BCUT2D eigenvalue weighted by Crippen LogP contribution is 2.16. The smallest absolute Gasteiger partial charge is 0.118 e. The van der Waals surface area contributed by atoms with Gasteiger partial charge in [-0.3, -0.25) is 0 Å². The van der Waals surface area contributed by atoms with Crippen LogP contribution in [0.2, 0.25) is 0 Å². The molecule has 1 fully saturated rings. The summed E-state index contributed by atoms with van der Waals surface area (Å²) in [5.74, 6) is 0.912. The van der Waals surface area contributed by atoms with Crippen molar-refractivity contribution >= 4 is 0 Å². The van der Waals surface area contributed by atoms with Gasteiger partial charge in [-0.2, -0.15) is 0 Å². The fourth-order valence-corrected chi connectivity index (χ4v) is 2.97. The van der Waals surface area contributed by atoms with Gasteiger partial charge in [0.1, 0.15) is 5.75 Å². The van der Waals surface area contributed by atoms with E-state index in [4.69, 9.17) is 10.5 Å². The van der Waals surface area contributed by atoms with E-state index in [2.05, 4.69) is 36.0 Å². The third kappa shape index (κ3) is 4.99. The molecule has 2 unspecified atom stereocenters. The Hall–Kier alpha value is -1.10. The molecule has 118 valence electrons. The van der Waals surface area contributed by atoms with Crippen LogP contribution >= 0.6 is 0 Å². The summed E-state index contributed by atoms with van der Waals surface area (Å²) in [5.41, 5.74) is 7.68. The third-order valence-electron chi connectivity index (χ3n) is 4.52. The minimum Gasteiger partial charge on any atom is -0.497 e. The highest BCUT2D eigenvalue weighted by atomic mass is 16.5. The van der Waals surface area contributed by atoms with E-state index < -0.39 is 0 Å². The van der Waals surface area contributed by atoms with Crippen LogP contribution in [0.15, 0.2) is 24.3 Å². The van der Waals surface area contributed by atoms with Gasteiger partial charge >= 0.3 is 0 Å². The van der Waals surface area contributed by atoms with E-state index in [9.17, 15) is 0 Å². The molecule has 1 aromatic rings. The monoisotopic (exact) mass is 291 g/mol. The van der Waals surface area contributed by atoms with Crippen molar-refractivity contribution < 1.29 is 4.74 Å². The summed E-state index contributed by atoms with van der Waals surface area (Å²) in [7, 11) is 6.11. The van der Waals surface area contributed by atoms with Crippen LogP contribution in [0.4, 0.5) is 0 Å². The number of nitrogens with zero attached hydrogens (tertiary/aromatic N) is 2. The lowest BCUT2D eigenvalue weighted by Crippen LogP contribution is -2.51. The maximum atomic E-state index is 6.35. The normalized spacial score (nSPS) is 22.2. The van der Waals surface area contributed by atoms with Crippen molar-refractivity contribution in [3.8, 4) is 5.75 Å². The number of methoxy groups -OCH3 is 1. The molecule has 0 amide bonds. The fraction of sp³-hybridized carbons (Fsp3) is 0.647. The number of likely N-dealkylation sites (N-methyl/N-ethyl adjacent to an activating group) is 2. The molecule has 2 atom stereocenters. The first-order valence-electron chi connectivity index (χ1n) is 7.85. The molecular weight excluding hydrogens is 262 g/mol. The summed E-state index contributed by atoms with van der Waals surface area (Å²) in [4.78, 5) is 4.86. The van der Waals surface area contributed by atoms with Gasteiger partial charge in [0.05, 0.1) is 7.11 Å². The van der Waals surface area contributed by atoms with E-state index >= 15 is 0 Å². The fourth-order valence-electron chi connectivity index (χ4n) is 2.97. The van der Waals surface area contributed by atoms with Crippen LogP contribution in [0, 0.1) is 0 Å². The average molecular weight is 291 g/mol. The summed E-state index contributed by atoms with van der Waals surface area (Å²) >= 11 is 0. The van der Waals surface area contributed by atoms with Crippen LogP contribution in [0.5, 0.6) is 5.75 Å². The Bertz CT molecular complexity index is 421. The molecule has 2 N–H and O–H groups in total. The predicted molar refractivity (Wildman–Crippen MR) is 87.8 cm³/mol. The number of hydrogen-bond donors (Lipinski definition) is 1. The third-order valence-corrected chi connectivity index (χ3v) is 4.52. The number of benzene rings is 1. The predicted octanol–water partition coefficient (Wildman–Crippen LogP) is 1.59. The summed E-state index contributed by atoms with van der Waals surface area (Å²) in [6, 6.07) is 9.16. The molecule has 2 rings (SSSR count). The molecule has 4 nitrogen and oxygen atoms in total. The standard InChI is InChI=1S/C17H29N3O/c1-19-10-11-20(2)16(13-19)12-15(18)7-4-14-5-8-17(21-3)9-6-14/h5-6,8-9,15-16H,4,7,10-13,18H2,1-3H3. The highest BCUT2D eigenvalue weighted by Gasteiger charge is 2.23. The zero-order valence-electron chi connectivity index (χ0n) is 13.6. The minimum atomic E-state index is 0.269. The van der Waals surface area contributed by atoms with Gasteiger partial charge in [0.15, 0.2) is 0 Å². The topological polar surface area (TPSA) is 41.7 Å². The molecule has 1 heterocycles. The Morgan fingerprint density at radius 2 is 1.95 bits per heavy atom. The van der Waals surface area contributed by atoms with Crippen molar-refractivity contribution in [2.24, 2.45) is 5.73 Å². The maximum Gasteiger partial charge on any atom is 0.118 e. The number of hydrogen-bond acceptors (Lipinski definition) is 4. The number of nitrogens with two attached hydrogens (primary N) is 1. The molecule has 0 spiro atoms. The van der Waals surface area contributed by atoms with Gasteiger partial charge in [-0.1, -0.05) is 12.1 Å². The summed E-state index contributed by atoms with van der Waals surface area (Å²) in [6.45, 7) is 3.44. The molecule has 0 aromatic heterocycles. The van der Waals surface area contributed by atoms with E-state index in [1.165, 1.54) is 5.56 Å². The van der Waals surface area contributed by atoms with E-state index in [0.717, 1.165) is 44.6 Å². The van der Waals surface area contributed by atoms with Crippen molar-refractivity contribution in [2.75, 3.05) is 40.8 Å². The summed E-state index contributed by atoms with van der Waals surface area (Å²) < 4.78 is 5.18. The van der Waals surface area contributed by atoms with Gasteiger partial charge in [0.2, 0.25) is 0 Å². The Balaban J connectivity index is 1.77. The second-order valence-corrected chi connectivity index (χ2v) is 6.28. The van der Waals surface area contributed by atoms with Gasteiger partial charge in [-0.25, -0.2) is 0 Å². The number of piperazine rings is 1. The van der Waals surface area contributed by atoms with Gasteiger partial charge in [0.25, 0.3) is 0 Å². The molecule has 0 bridgehead atoms. The minimum absolute atomic E-state index is 0.269. The largest absolute Gasteiger partial charge is 0.497 e. The highest BCUT2D eigenvalue weighted by molar-refractivity contribution is 5.27. The Labute approximate surface area is 128 Å². The van der Waals surface area contributed by atoms with E-state index in [-0.39, 0.29) is 6.04 Å². The van der Waals surface area contributed by atoms with Gasteiger partial charge in [-0.15, -0.1) is 0 Å². The van der Waals surface area contributed by atoms with Gasteiger partial charge in [0, 0.05) is 31.7 Å². The lowest BCUT2D eigenvalue weighted by molar-refractivity contribution is 0.103. The average Bonchev–Trinajstić information content (AvgIpc) is 2.49. The molecule has 1 saturated heterocycles. The molecule has 4 heteroatoms. The summed E-state index contributed by atoms with van der Waals surface area (Å²) in [5, 5.41) is 0. The Morgan fingerprint density at radius 3 is 2.62 bits per heavy atom. The number of rotatable bonds is 6. The zero-order chi connectivity index (χ0) is 15.2. The first kappa shape index (κ1) is 16.3. The second-order valence-electron chi connectivity index (χ2n) is 6.28. The van der Waals surface area contributed by atoms with E-state index in [1.807, 2.05) is 12.1 Å². The van der Waals surface area contributed by atoms with Crippen LogP contribution in [0.25, 0.3) is 0 Å². The van der Waals surface area contributed by atoms with E-state index in [0.29, 0.717) is 6.04 Å².